The number of rotatable bonds is 3. The highest BCUT2D eigenvalue weighted by atomic mass is 16.2. The Morgan fingerprint density at radius 2 is 2.17 bits per heavy atom. The molecule has 5 nitrogen and oxygen atoms in total. The molecule has 1 aliphatic carbocycles. The Bertz CT molecular complexity index is 792. The van der Waals surface area contributed by atoms with Crippen LogP contribution in [0.15, 0.2) is 36.3 Å². The van der Waals surface area contributed by atoms with Crippen molar-refractivity contribution in [3.05, 3.63) is 41.9 Å². The van der Waals surface area contributed by atoms with Crippen LogP contribution in [0.5, 0.6) is 0 Å². The molecule has 1 aromatic heterocycles. The van der Waals surface area contributed by atoms with Crippen LogP contribution in [0, 0.1) is 5.92 Å². The summed E-state index contributed by atoms with van der Waals surface area (Å²) < 4.78 is 2.03. The molecule has 1 atom stereocenters. The van der Waals surface area contributed by atoms with Crippen LogP contribution in [-0.4, -0.2) is 33.4 Å². The van der Waals surface area contributed by atoms with Gasteiger partial charge >= 0.3 is 0 Å². The fourth-order valence-electron chi connectivity index (χ4n) is 4.07. The number of imidazole rings is 1. The summed E-state index contributed by atoms with van der Waals surface area (Å²) in [6.45, 7) is 2.15. The number of carbonyl (C=O) groups excluding carboxylic acids is 1. The highest BCUT2D eigenvalue weighted by Crippen LogP contribution is 2.35. The highest BCUT2D eigenvalue weighted by Gasteiger charge is 2.30. The fourth-order valence-corrected chi connectivity index (χ4v) is 4.07. The van der Waals surface area contributed by atoms with E-state index in [4.69, 9.17) is 5.73 Å². The van der Waals surface area contributed by atoms with E-state index in [1.165, 1.54) is 25.0 Å². The van der Waals surface area contributed by atoms with Crippen molar-refractivity contribution in [3.8, 4) is 0 Å². The van der Waals surface area contributed by atoms with Crippen LogP contribution in [0.4, 0.5) is 0 Å². The number of aromatic nitrogens is 2. The summed E-state index contributed by atoms with van der Waals surface area (Å²) in [4.78, 5) is 19.5. The third-order valence-electron chi connectivity index (χ3n) is 5.26. The first-order valence-corrected chi connectivity index (χ1v) is 8.95. The lowest BCUT2D eigenvalue weighted by molar-refractivity contribution is 0.0749. The van der Waals surface area contributed by atoms with E-state index in [-0.39, 0.29) is 5.91 Å². The van der Waals surface area contributed by atoms with Crippen molar-refractivity contribution >= 4 is 16.9 Å². The van der Waals surface area contributed by atoms with E-state index in [2.05, 4.69) is 11.1 Å². The predicted molar refractivity (Wildman–Crippen MR) is 94.5 cm³/mol. The largest absolute Gasteiger partial charge is 0.329 e. The van der Waals surface area contributed by atoms with Gasteiger partial charge in [0.15, 0.2) is 0 Å². The van der Waals surface area contributed by atoms with Gasteiger partial charge in [-0.2, -0.15) is 0 Å². The fraction of sp³-hybridized carbons (Fsp3) is 0.474. The second kappa shape index (κ2) is 6.40. The molecular weight excluding hydrogens is 300 g/mol. The summed E-state index contributed by atoms with van der Waals surface area (Å²) in [7, 11) is 0. The van der Waals surface area contributed by atoms with E-state index in [0.29, 0.717) is 12.5 Å². The molecule has 2 aliphatic rings. The predicted octanol–water partition coefficient (Wildman–Crippen LogP) is 2.92. The molecule has 1 amide bonds. The minimum atomic E-state index is 0.114. The number of allylic oxidation sites excluding steroid dienone is 2. The average Bonchev–Trinajstić information content (AvgIpc) is 3.03. The molecule has 1 aromatic carbocycles. The Kier molecular flexibility index (Phi) is 4.10. The summed E-state index contributed by atoms with van der Waals surface area (Å²) in [6.07, 6.45) is 9.96. The molecule has 126 valence electrons. The molecule has 0 spiro atoms. The first-order valence-electron chi connectivity index (χ1n) is 8.95. The van der Waals surface area contributed by atoms with Crippen molar-refractivity contribution in [2.75, 3.05) is 13.1 Å². The van der Waals surface area contributed by atoms with E-state index in [1.807, 2.05) is 27.7 Å². The number of amides is 1. The zero-order valence-corrected chi connectivity index (χ0v) is 13.9. The summed E-state index contributed by atoms with van der Waals surface area (Å²) in [5.74, 6) is 0.687. The Balaban J connectivity index is 1.64. The van der Waals surface area contributed by atoms with Gasteiger partial charge in [-0.15, -0.1) is 0 Å². The highest BCUT2D eigenvalue weighted by molar-refractivity contribution is 5.98. The van der Waals surface area contributed by atoms with Gasteiger partial charge in [-0.25, -0.2) is 4.98 Å². The molecule has 1 saturated heterocycles. The number of carbonyl (C=O) groups is 1. The summed E-state index contributed by atoms with van der Waals surface area (Å²) >= 11 is 0. The minimum Gasteiger partial charge on any atom is -0.329 e. The number of hydrogen-bond acceptors (Lipinski definition) is 3. The minimum absolute atomic E-state index is 0.114. The molecule has 2 heterocycles. The number of likely N-dealkylation sites (tertiary alicyclic amines) is 1. The van der Waals surface area contributed by atoms with E-state index < -0.39 is 0 Å². The molecule has 2 N–H and O–H groups in total. The quantitative estimate of drug-likeness (QED) is 0.944. The molecule has 1 aliphatic heterocycles. The maximum atomic E-state index is 13.1. The molecule has 4 rings (SSSR count). The second-order valence-electron chi connectivity index (χ2n) is 6.79. The van der Waals surface area contributed by atoms with Crippen LogP contribution in [0.1, 0.15) is 42.5 Å². The molecule has 1 unspecified atom stereocenters. The maximum Gasteiger partial charge on any atom is 0.258 e. The average molecular weight is 324 g/mol. The number of nitrogens with zero attached hydrogens (tertiary/aromatic N) is 3. The summed E-state index contributed by atoms with van der Waals surface area (Å²) in [6, 6.07) is 5.83. The smallest absolute Gasteiger partial charge is 0.258 e. The third-order valence-corrected chi connectivity index (χ3v) is 5.26. The van der Waals surface area contributed by atoms with Crippen LogP contribution in [0.2, 0.25) is 0 Å². The maximum absolute atomic E-state index is 13.1. The molecular formula is C19H24N4O. The van der Waals surface area contributed by atoms with Gasteiger partial charge in [0.1, 0.15) is 0 Å². The lowest BCUT2D eigenvalue weighted by Gasteiger charge is -2.38. The normalized spacial score (nSPS) is 20.8. The van der Waals surface area contributed by atoms with E-state index >= 15 is 0 Å². The zero-order chi connectivity index (χ0) is 16.5. The van der Waals surface area contributed by atoms with Crippen molar-refractivity contribution in [2.24, 2.45) is 11.7 Å². The molecule has 2 aromatic rings. The standard InChI is InChI=1S/C19H24N4O/c20-9-11-22-13-21-16-12-15(7-8-18(16)22)19(24)23-10-3-5-14-4-1-2-6-17(14)23/h6-8,12-14H,1-5,9-11,20H2. The first-order chi connectivity index (χ1) is 11.8. The lowest BCUT2D eigenvalue weighted by atomic mass is 9.84. The van der Waals surface area contributed by atoms with E-state index in [9.17, 15) is 4.79 Å². The number of benzene rings is 1. The van der Waals surface area contributed by atoms with Crippen molar-refractivity contribution in [3.63, 3.8) is 0 Å². The zero-order valence-electron chi connectivity index (χ0n) is 13.9. The van der Waals surface area contributed by atoms with Gasteiger partial charge in [-0.05, 0) is 56.2 Å². The van der Waals surface area contributed by atoms with Gasteiger partial charge in [0.25, 0.3) is 5.91 Å². The molecule has 0 radical (unpaired) electrons. The molecule has 1 fully saturated rings. The SMILES string of the molecule is NCCn1cnc2cc(C(=O)N3CCCC4CCCC=C43)ccc21. The molecule has 24 heavy (non-hydrogen) atoms. The van der Waals surface area contributed by atoms with Crippen molar-refractivity contribution in [1.29, 1.82) is 0 Å². The lowest BCUT2D eigenvalue weighted by Crippen LogP contribution is -2.38. The van der Waals surface area contributed by atoms with Crippen molar-refractivity contribution < 1.29 is 4.79 Å². The van der Waals surface area contributed by atoms with Crippen molar-refractivity contribution in [2.45, 2.75) is 38.6 Å². The van der Waals surface area contributed by atoms with Crippen molar-refractivity contribution in [1.82, 2.24) is 14.5 Å². The second-order valence-corrected chi connectivity index (χ2v) is 6.79. The van der Waals surface area contributed by atoms with Gasteiger partial charge < -0.3 is 15.2 Å². The van der Waals surface area contributed by atoms with Crippen LogP contribution in [0.25, 0.3) is 11.0 Å². The molecule has 0 saturated carbocycles. The Labute approximate surface area is 142 Å². The van der Waals surface area contributed by atoms with Crippen LogP contribution in [-0.2, 0) is 6.54 Å². The summed E-state index contributed by atoms with van der Waals surface area (Å²) in [5, 5.41) is 0. The van der Waals surface area contributed by atoms with Gasteiger partial charge in [-0.3, -0.25) is 4.79 Å². The van der Waals surface area contributed by atoms with Gasteiger partial charge in [0.05, 0.1) is 17.4 Å². The Hall–Kier alpha value is -2.14. The number of hydrogen-bond donors (Lipinski definition) is 1. The number of piperidine rings is 1. The molecule has 0 bridgehead atoms. The van der Waals surface area contributed by atoms with Gasteiger partial charge in [0.2, 0.25) is 0 Å². The Morgan fingerprint density at radius 3 is 3.04 bits per heavy atom. The monoisotopic (exact) mass is 324 g/mol. The Morgan fingerprint density at radius 1 is 1.29 bits per heavy atom. The van der Waals surface area contributed by atoms with E-state index in [0.717, 1.165) is 42.5 Å². The summed E-state index contributed by atoms with van der Waals surface area (Å²) in [5.41, 5.74) is 9.51. The van der Waals surface area contributed by atoms with Gasteiger partial charge in [0, 0.05) is 30.9 Å². The third kappa shape index (κ3) is 2.63. The number of fused-ring (bicyclic) bond motifs is 2. The van der Waals surface area contributed by atoms with Crippen LogP contribution in [0.3, 0.4) is 0 Å². The number of nitrogens with two attached hydrogens (primary N) is 1. The van der Waals surface area contributed by atoms with Crippen LogP contribution >= 0.6 is 0 Å². The van der Waals surface area contributed by atoms with E-state index in [1.54, 1.807) is 6.33 Å². The van der Waals surface area contributed by atoms with Crippen LogP contribution < -0.4 is 5.73 Å². The first kappa shape index (κ1) is 15.4. The molecule has 5 heteroatoms. The van der Waals surface area contributed by atoms with Gasteiger partial charge in [-0.1, -0.05) is 6.08 Å². The topological polar surface area (TPSA) is 64.2 Å².